The molecule has 25 heavy (non-hydrogen) atoms. The van der Waals surface area contributed by atoms with Gasteiger partial charge in [-0.2, -0.15) is 11.3 Å². The summed E-state index contributed by atoms with van der Waals surface area (Å²) in [6.45, 7) is 3.71. The van der Waals surface area contributed by atoms with Gasteiger partial charge in [-0.05, 0) is 36.9 Å². The van der Waals surface area contributed by atoms with Crippen LogP contribution in [0.3, 0.4) is 0 Å². The minimum atomic E-state index is -0.677. The molecule has 1 N–H and O–H groups in total. The quantitative estimate of drug-likeness (QED) is 0.690. The Morgan fingerprint density at radius 2 is 2.24 bits per heavy atom. The number of ether oxygens (including phenoxy) is 1. The van der Waals surface area contributed by atoms with Crippen molar-refractivity contribution in [2.24, 2.45) is 0 Å². The van der Waals surface area contributed by atoms with Gasteiger partial charge in [0.25, 0.3) is 5.56 Å². The Bertz CT molecular complexity index is 971. The molecule has 0 bridgehead atoms. The number of carbonyl (C=O) groups is 1. The summed E-state index contributed by atoms with van der Waals surface area (Å²) in [5, 5.41) is 6.95. The number of nitrogens with zero attached hydrogens (tertiary/aromatic N) is 2. The standard InChI is InChI=1S/C17H15N3O3S2/c1-3-23-17(22)13-7-18-14(20-15(13)21)10(2)6-12-9-25-16(19-12)11-4-5-24-8-11/h4-9H,3H2,1-2H3,(H,18,20,21). The Morgan fingerprint density at radius 3 is 2.92 bits per heavy atom. The molecule has 0 aromatic carbocycles. The molecule has 0 spiro atoms. The molecule has 8 heteroatoms. The van der Waals surface area contributed by atoms with Crippen LogP contribution in [0.25, 0.3) is 22.2 Å². The molecule has 3 rings (SSSR count). The minimum Gasteiger partial charge on any atom is -0.462 e. The SMILES string of the molecule is CCOC(=O)c1cnc(C(C)=Cc2csc(-c3ccsc3)n2)[nH]c1=O. The number of rotatable bonds is 5. The zero-order valence-corrected chi connectivity index (χ0v) is 15.2. The van der Waals surface area contributed by atoms with Gasteiger partial charge in [-0.15, -0.1) is 11.3 Å². The molecule has 0 aliphatic rings. The molecule has 0 fully saturated rings. The molecule has 0 aliphatic carbocycles. The van der Waals surface area contributed by atoms with Crippen LogP contribution in [0, 0.1) is 0 Å². The van der Waals surface area contributed by atoms with E-state index in [4.69, 9.17) is 4.74 Å². The number of thiazole rings is 1. The van der Waals surface area contributed by atoms with E-state index >= 15 is 0 Å². The number of allylic oxidation sites excluding steroid dienone is 1. The highest BCUT2D eigenvalue weighted by Crippen LogP contribution is 2.27. The van der Waals surface area contributed by atoms with E-state index in [0.29, 0.717) is 5.82 Å². The predicted molar refractivity (Wildman–Crippen MR) is 99.8 cm³/mol. The van der Waals surface area contributed by atoms with Crippen LogP contribution < -0.4 is 5.56 Å². The van der Waals surface area contributed by atoms with E-state index in [0.717, 1.165) is 21.8 Å². The second-order valence-corrected chi connectivity index (χ2v) is 6.75. The first kappa shape index (κ1) is 17.2. The molecule has 3 aromatic rings. The lowest BCUT2D eigenvalue weighted by Crippen LogP contribution is -2.21. The summed E-state index contributed by atoms with van der Waals surface area (Å²) in [6.07, 6.45) is 3.08. The molecule has 0 saturated heterocycles. The lowest BCUT2D eigenvalue weighted by atomic mass is 10.2. The molecule has 0 unspecified atom stereocenters. The van der Waals surface area contributed by atoms with Gasteiger partial charge in [0.15, 0.2) is 0 Å². The Hall–Kier alpha value is -2.58. The van der Waals surface area contributed by atoms with Gasteiger partial charge in [-0.1, -0.05) is 0 Å². The molecule has 3 aromatic heterocycles. The number of aromatic amines is 1. The molecule has 6 nitrogen and oxygen atoms in total. The van der Waals surface area contributed by atoms with Gasteiger partial charge in [-0.25, -0.2) is 14.8 Å². The normalized spacial score (nSPS) is 11.5. The number of aromatic nitrogens is 3. The van der Waals surface area contributed by atoms with E-state index in [1.54, 1.807) is 29.6 Å². The summed E-state index contributed by atoms with van der Waals surface area (Å²) in [5.41, 5.74) is 2.01. The maximum Gasteiger partial charge on any atom is 0.345 e. The van der Waals surface area contributed by atoms with Gasteiger partial charge in [-0.3, -0.25) is 4.79 Å². The summed E-state index contributed by atoms with van der Waals surface area (Å²) >= 11 is 3.18. The van der Waals surface area contributed by atoms with Crippen LogP contribution in [0.5, 0.6) is 0 Å². The average molecular weight is 373 g/mol. The fraction of sp³-hybridized carbons (Fsp3) is 0.176. The lowest BCUT2D eigenvalue weighted by molar-refractivity contribution is 0.0523. The van der Waals surface area contributed by atoms with Crippen molar-refractivity contribution in [1.82, 2.24) is 15.0 Å². The van der Waals surface area contributed by atoms with Crippen LogP contribution in [0.4, 0.5) is 0 Å². The van der Waals surface area contributed by atoms with Gasteiger partial charge in [0.05, 0.1) is 12.3 Å². The highest BCUT2D eigenvalue weighted by molar-refractivity contribution is 7.14. The van der Waals surface area contributed by atoms with E-state index in [1.807, 2.05) is 35.2 Å². The molecule has 3 heterocycles. The molecule has 0 amide bonds. The van der Waals surface area contributed by atoms with Crippen molar-refractivity contribution < 1.29 is 9.53 Å². The number of carbonyl (C=O) groups excluding carboxylic acids is 1. The van der Waals surface area contributed by atoms with E-state index in [-0.39, 0.29) is 12.2 Å². The van der Waals surface area contributed by atoms with Crippen molar-refractivity contribution in [3.63, 3.8) is 0 Å². The molecule has 0 aliphatic heterocycles. The average Bonchev–Trinajstić information content (AvgIpc) is 3.26. The van der Waals surface area contributed by atoms with Gasteiger partial charge >= 0.3 is 5.97 Å². The van der Waals surface area contributed by atoms with Crippen LogP contribution >= 0.6 is 22.7 Å². The Kier molecular flexibility index (Phi) is 5.20. The van der Waals surface area contributed by atoms with Gasteiger partial charge in [0.2, 0.25) is 0 Å². The zero-order chi connectivity index (χ0) is 17.8. The van der Waals surface area contributed by atoms with Gasteiger partial charge in [0.1, 0.15) is 16.4 Å². The number of hydrogen-bond acceptors (Lipinski definition) is 7. The van der Waals surface area contributed by atoms with E-state index < -0.39 is 11.5 Å². The van der Waals surface area contributed by atoms with E-state index in [2.05, 4.69) is 15.0 Å². The number of hydrogen-bond donors (Lipinski definition) is 1. The Labute approximate surface area is 151 Å². The zero-order valence-electron chi connectivity index (χ0n) is 13.6. The molecule has 0 atom stereocenters. The summed E-state index contributed by atoms with van der Waals surface area (Å²) in [4.78, 5) is 35.0. The number of H-pyrrole nitrogens is 1. The second-order valence-electron chi connectivity index (χ2n) is 5.11. The summed E-state index contributed by atoms with van der Waals surface area (Å²) in [7, 11) is 0. The molecular formula is C17H15N3O3S2. The van der Waals surface area contributed by atoms with Gasteiger partial charge < -0.3 is 9.72 Å². The van der Waals surface area contributed by atoms with E-state index in [9.17, 15) is 9.59 Å². The fourth-order valence-electron chi connectivity index (χ4n) is 2.11. The van der Waals surface area contributed by atoms with Crippen LogP contribution in [0.2, 0.25) is 0 Å². The van der Waals surface area contributed by atoms with Crippen molar-refractivity contribution in [2.45, 2.75) is 13.8 Å². The first-order chi connectivity index (χ1) is 12.1. The summed E-state index contributed by atoms with van der Waals surface area (Å²) < 4.78 is 4.82. The van der Waals surface area contributed by atoms with Crippen molar-refractivity contribution in [1.29, 1.82) is 0 Å². The fourth-order valence-corrected chi connectivity index (χ4v) is 3.60. The maximum atomic E-state index is 12.0. The number of esters is 1. The predicted octanol–water partition coefficient (Wildman–Crippen LogP) is 3.69. The number of thiophene rings is 1. The number of nitrogens with one attached hydrogen (secondary N) is 1. The topological polar surface area (TPSA) is 84.9 Å². The largest absolute Gasteiger partial charge is 0.462 e. The molecule has 0 saturated carbocycles. The lowest BCUT2D eigenvalue weighted by Gasteiger charge is -2.03. The third-order valence-corrected chi connectivity index (χ3v) is 4.92. The second kappa shape index (κ2) is 7.54. The monoisotopic (exact) mass is 373 g/mol. The summed E-state index contributed by atoms with van der Waals surface area (Å²) in [6, 6.07) is 2.02. The first-order valence-corrected chi connectivity index (χ1v) is 9.34. The minimum absolute atomic E-state index is 0.105. The maximum absolute atomic E-state index is 12.0. The Morgan fingerprint density at radius 1 is 1.40 bits per heavy atom. The highest BCUT2D eigenvalue weighted by atomic mass is 32.1. The summed E-state index contributed by atoms with van der Waals surface area (Å²) in [5.74, 6) is -0.285. The van der Waals surface area contributed by atoms with Crippen LogP contribution in [-0.2, 0) is 4.74 Å². The highest BCUT2D eigenvalue weighted by Gasteiger charge is 2.13. The van der Waals surface area contributed by atoms with Crippen molar-refractivity contribution in [3.8, 4) is 10.6 Å². The van der Waals surface area contributed by atoms with Crippen LogP contribution in [-0.4, -0.2) is 27.5 Å². The van der Waals surface area contributed by atoms with Crippen LogP contribution in [0.15, 0.2) is 33.2 Å². The van der Waals surface area contributed by atoms with Crippen molar-refractivity contribution in [3.05, 3.63) is 55.8 Å². The molecule has 128 valence electrons. The molecule has 0 radical (unpaired) electrons. The molecular weight excluding hydrogens is 358 g/mol. The van der Waals surface area contributed by atoms with E-state index in [1.165, 1.54) is 6.20 Å². The van der Waals surface area contributed by atoms with Crippen molar-refractivity contribution in [2.75, 3.05) is 6.61 Å². The Balaban J connectivity index is 1.84. The van der Waals surface area contributed by atoms with Gasteiger partial charge in [0, 0.05) is 22.5 Å². The van der Waals surface area contributed by atoms with Crippen molar-refractivity contribution >= 4 is 40.3 Å². The van der Waals surface area contributed by atoms with Crippen LogP contribution in [0.1, 0.15) is 35.7 Å². The first-order valence-electron chi connectivity index (χ1n) is 7.51. The third kappa shape index (κ3) is 3.92. The third-order valence-electron chi connectivity index (χ3n) is 3.32. The smallest absolute Gasteiger partial charge is 0.345 e.